The maximum Gasteiger partial charge on any atom is 0.0940 e. The van der Waals surface area contributed by atoms with Crippen molar-refractivity contribution in [3.8, 4) is 0 Å². The molecule has 1 aromatic carbocycles. The normalized spacial score (nSPS) is 27.1. The quantitative estimate of drug-likeness (QED) is 0.884. The smallest absolute Gasteiger partial charge is 0.0940 e. The molecule has 1 aliphatic carbocycles. The van der Waals surface area contributed by atoms with Crippen LogP contribution in [-0.4, -0.2) is 41.4 Å². The summed E-state index contributed by atoms with van der Waals surface area (Å²) < 4.78 is 6.04. The van der Waals surface area contributed by atoms with Gasteiger partial charge in [0, 0.05) is 19.6 Å². The van der Waals surface area contributed by atoms with Gasteiger partial charge in [0.15, 0.2) is 0 Å². The van der Waals surface area contributed by atoms with E-state index in [2.05, 4.69) is 29.2 Å². The lowest BCUT2D eigenvalue weighted by Crippen LogP contribution is -2.59. The molecule has 1 atom stereocenters. The van der Waals surface area contributed by atoms with Gasteiger partial charge < -0.3 is 9.84 Å². The van der Waals surface area contributed by atoms with Gasteiger partial charge in [-0.3, -0.25) is 4.90 Å². The standard InChI is InChI=1S/C15H21NO2/c17-11-14-10-16(9-13-5-2-1-3-6-13)12-15(18-14)7-4-8-15/h1-3,5-6,14,17H,4,7-12H2/t14-/m0/s1. The van der Waals surface area contributed by atoms with Crippen LogP contribution in [0.5, 0.6) is 0 Å². The number of aliphatic hydroxyl groups is 1. The van der Waals surface area contributed by atoms with Crippen LogP contribution >= 0.6 is 0 Å². The second-order valence-electron chi connectivity index (χ2n) is 5.61. The average Bonchev–Trinajstić information content (AvgIpc) is 2.37. The maximum atomic E-state index is 9.38. The molecule has 1 saturated heterocycles. The van der Waals surface area contributed by atoms with Crippen LogP contribution in [0.3, 0.4) is 0 Å². The third kappa shape index (κ3) is 2.44. The molecular weight excluding hydrogens is 226 g/mol. The van der Waals surface area contributed by atoms with Crippen molar-refractivity contribution in [2.45, 2.75) is 37.5 Å². The van der Waals surface area contributed by atoms with Crippen molar-refractivity contribution in [2.24, 2.45) is 0 Å². The fourth-order valence-corrected chi connectivity index (χ4v) is 3.09. The zero-order chi connectivity index (χ0) is 12.4. The van der Waals surface area contributed by atoms with Gasteiger partial charge in [0.25, 0.3) is 0 Å². The summed E-state index contributed by atoms with van der Waals surface area (Å²) in [4.78, 5) is 2.43. The highest BCUT2D eigenvalue weighted by molar-refractivity contribution is 5.15. The number of hydrogen-bond acceptors (Lipinski definition) is 3. The summed E-state index contributed by atoms with van der Waals surface area (Å²) in [6, 6.07) is 10.5. The van der Waals surface area contributed by atoms with Crippen LogP contribution in [0.1, 0.15) is 24.8 Å². The van der Waals surface area contributed by atoms with Crippen LogP contribution in [0, 0.1) is 0 Å². The second-order valence-corrected chi connectivity index (χ2v) is 5.61. The summed E-state index contributed by atoms with van der Waals surface area (Å²) in [6.45, 7) is 2.95. The van der Waals surface area contributed by atoms with Gasteiger partial charge in [-0.1, -0.05) is 30.3 Å². The summed E-state index contributed by atoms with van der Waals surface area (Å²) in [5.41, 5.74) is 1.38. The molecule has 1 spiro atoms. The molecule has 0 aromatic heterocycles. The Kier molecular flexibility index (Phi) is 3.37. The Morgan fingerprint density at radius 3 is 2.67 bits per heavy atom. The number of morpholine rings is 1. The van der Waals surface area contributed by atoms with E-state index in [9.17, 15) is 5.11 Å². The predicted molar refractivity (Wildman–Crippen MR) is 70.3 cm³/mol. The Labute approximate surface area is 108 Å². The highest BCUT2D eigenvalue weighted by Gasteiger charge is 2.44. The van der Waals surface area contributed by atoms with Crippen LogP contribution in [0.15, 0.2) is 30.3 Å². The molecule has 98 valence electrons. The van der Waals surface area contributed by atoms with Crippen LogP contribution in [0.2, 0.25) is 0 Å². The molecule has 3 rings (SSSR count). The van der Waals surface area contributed by atoms with E-state index in [4.69, 9.17) is 4.74 Å². The van der Waals surface area contributed by atoms with E-state index in [1.807, 2.05) is 6.07 Å². The highest BCUT2D eigenvalue weighted by Crippen LogP contribution is 2.40. The molecule has 1 saturated carbocycles. The van der Waals surface area contributed by atoms with Gasteiger partial charge in [0.1, 0.15) is 0 Å². The molecule has 3 heteroatoms. The van der Waals surface area contributed by atoms with E-state index in [-0.39, 0.29) is 18.3 Å². The van der Waals surface area contributed by atoms with E-state index in [0.717, 1.165) is 32.5 Å². The van der Waals surface area contributed by atoms with Crippen molar-refractivity contribution in [1.29, 1.82) is 0 Å². The molecule has 1 N–H and O–H groups in total. The first-order chi connectivity index (χ1) is 8.80. The van der Waals surface area contributed by atoms with Crippen LogP contribution in [0.25, 0.3) is 0 Å². The molecule has 2 fully saturated rings. The van der Waals surface area contributed by atoms with Crippen molar-refractivity contribution in [3.63, 3.8) is 0 Å². The molecule has 1 heterocycles. The molecule has 1 aliphatic heterocycles. The molecule has 3 nitrogen and oxygen atoms in total. The minimum absolute atomic E-state index is 0.0113. The minimum Gasteiger partial charge on any atom is -0.394 e. The Hall–Kier alpha value is -0.900. The van der Waals surface area contributed by atoms with Gasteiger partial charge in [-0.15, -0.1) is 0 Å². The monoisotopic (exact) mass is 247 g/mol. The topological polar surface area (TPSA) is 32.7 Å². The van der Waals surface area contributed by atoms with Gasteiger partial charge in [-0.2, -0.15) is 0 Å². The lowest BCUT2D eigenvalue weighted by Gasteiger charge is -2.51. The van der Waals surface area contributed by atoms with Crippen molar-refractivity contribution in [3.05, 3.63) is 35.9 Å². The summed E-state index contributed by atoms with van der Waals surface area (Å²) in [7, 11) is 0. The highest BCUT2D eigenvalue weighted by atomic mass is 16.5. The Morgan fingerprint density at radius 1 is 1.28 bits per heavy atom. The first-order valence-corrected chi connectivity index (χ1v) is 6.85. The Morgan fingerprint density at radius 2 is 2.06 bits per heavy atom. The van der Waals surface area contributed by atoms with Gasteiger partial charge in [-0.05, 0) is 24.8 Å². The fraction of sp³-hybridized carbons (Fsp3) is 0.600. The van der Waals surface area contributed by atoms with Crippen molar-refractivity contribution in [1.82, 2.24) is 4.90 Å². The number of ether oxygens (including phenoxy) is 1. The van der Waals surface area contributed by atoms with Crippen molar-refractivity contribution in [2.75, 3.05) is 19.7 Å². The number of aliphatic hydroxyl groups excluding tert-OH is 1. The van der Waals surface area contributed by atoms with Crippen molar-refractivity contribution >= 4 is 0 Å². The van der Waals surface area contributed by atoms with Gasteiger partial charge in [-0.25, -0.2) is 0 Å². The van der Waals surface area contributed by atoms with E-state index in [1.54, 1.807) is 0 Å². The first kappa shape index (κ1) is 12.2. The number of hydrogen-bond donors (Lipinski definition) is 1. The lowest BCUT2D eigenvalue weighted by atomic mass is 9.78. The zero-order valence-corrected chi connectivity index (χ0v) is 10.7. The molecule has 0 unspecified atom stereocenters. The lowest BCUT2D eigenvalue weighted by molar-refractivity contribution is -0.200. The third-order valence-corrected chi connectivity index (χ3v) is 4.11. The minimum atomic E-state index is -0.0113. The average molecular weight is 247 g/mol. The van der Waals surface area contributed by atoms with Crippen LogP contribution in [-0.2, 0) is 11.3 Å². The Balaban J connectivity index is 1.68. The Bertz CT molecular complexity index is 389. The summed E-state index contributed by atoms with van der Waals surface area (Å²) in [5.74, 6) is 0. The zero-order valence-electron chi connectivity index (χ0n) is 10.7. The summed E-state index contributed by atoms with van der Waals surface area (Å²) >= 11 is 0. The molecular formula is C15H21NO2. The molecule has 18 heavy (non-hydrogen) atoms. The predicted octanol–water partition coefficient (Wildman–Crippen LogP) is 1.80. The molecule has 2 aliphatic rings. The van der Waals surface area contributed by atoms with E-state index < -0.39 is 0 Å². The molecule has 0 bridgehead atoms. The first-order valence-electron chi connectivity index (χ1n) is 6.85. The molecule has 1 aromatic rings. The SMILES string of the molecule is OC[C@@H]1CN(Cc2ccccc2)CC2(CCC2)O1. The van der Waals surface area contributed by atoms with Crippen LogP contribution in [0.4, 0.5) is 0 Å². The van der Waals surface area contributed by atoms with E-state index in [0.29, 0.717) is 0 Å². The number of rotatable bonds is 3. The van der Waals surface area contributed by atoms with E-state index >= 15 is 0 Å². The largest absolute Gasteiger partial charge is 0.394 e. The van der Waals surface area contributed by atoms with Crippen LogP contribution < -0.4 is 0 Å². The summed E-state index contributed by atoms with van der Waals surface area (Å²) in [5, 5.41) is 9.38. The van der Waals surface area contributed by atoms with E-state index in [1.165, 1.54) is 12.0 Å². The third-order valence-electron chi connectivity index (χ3n) is 4.11. The second kappa shape index (κ2) is 5.00. The fourth-order valence-electron chi connectivity index (χ4n) is 3.09. The number of nitrogens with zero attached hydrogens (tertiary/aromatic N) is 1. The molecule has 0 radical (unpaired) electrons. The van der Waals surface area contributed by atoms with Gasteiger partial charge in [0.2, 0.25) is 0 Å². The van der Waals surface area contributed by atoms with Gasteiger partial charge in [0.05, 0.1) is 18.3 Å². The molecule has 0 amide bonds. The summed E-state index contributed by atoms with van der Waals surface area (Å²) in [6.07, 6.45) is 3.55. The van der Waals surface area contributed by atoms with Crippen molar-refractivity contribution < 1.29 is 9.84 Å². The van der Waals surface area contributed by atoms with Gasteiger partial charge >= 0.3 is 0 Å². The number of benzene rings is 1. The maximum absolute atomic E-state index is 9.38.